The molecule has 0 heterocycles. The summed E-state index contributed by atoms with van der Waals surface area (Å²) in [6.45, 7) is 0.215. The van der Waals surface area contributed by atoms with E-state index in [9.17, 15) is 4.79 Å². The molecule has 1 aromatic rings. The summed E-state index contributed by atoms with van der Waals surface area (Å²) in [5, 5.41) is 3.04. The van der Waals surface area contributed by atoms with Crippen molar-refractivity contribution in [3.63, 3.8) is 0 Å². The van der Waals surface area contributed by atoms with E-state index in [2.05, 4.69) is 27.2 Å². The van der Waals surface area contributed by atoms with Gasteiger partial charge in [-0.05, 0) is 34.1 Å². The number of hydrogen-bond acceptors (Lipinski definition) is 1. The van der Waals surface area contributed by atoms with Gasteiger partial charge in [-0.2, -0.15) is 0 Å². The number of hydrogen-bond donors (Lipinski definition) is 1. The van der Waals surface area contributed by atoms with Gasteiger partial charge in [0.2, 0.25) is 0 Å². The molecule has 0 fully saturated rings. The summed E-state index contributed by atoms with van der Waals surface area (Å²) < 4.78 is 0.757. The number of amides is 1. The number of halogens is 2. The second-order valence-electron chi connectivity index (χ2n) is 2.52. The molecule has 1 N–H and O–H groups in total. The molecule has 72 valence electrons. The van der Waals surface area contributed by atoms with Crippen LogP contribution in [0.15, 0.2) is 22.7 Å². The molecule has 0 atom stereocenters. The van der Waals surface area contributed by atoms with Gasteiger partial charge in [0.25, 0.3) is 5.91 Å². The lowest BCUT2D eigenvalue weighted by atomic mass is 10.2. The largest absolute Gasteiger partial charge is 0.341 e. The van der Waals surface area contributed by atoms with Crippen molar-refractivity contribution in [2.45, 2.75) is 0 Å². The van der Waals surface area contributed by atoms with Crippen molar-refractivity contribution in [2.75, 3.05) is 6.54 Å². The van der Waals surface area contributed by atoms with Crippen molar-refractivity contribution in [1.29, 1.82) is 0 Å². The van der Waals surface area contributed by atoms with Gasteiger partial charge < -0.3 is 5.32 Å². The molecule has 0 unspecified atom stereocenters. The average Bonchev–Trinajstić information content (AvgIpc) is 2.18. The number of nitrogens with one attached hydrogen (secondary N) is 1. The highest BCUT2D eigenvalue weighted by molar-refractivity contribution is 9.10. The van der Waals surface area contributed by atoms with Crippen LogP contribution in [0.25, 0.3) is 0 Å². The highest BCUT2D eigenvalue weighted by atomic mass is 79.9. The van der Waals surface area contributed by atoms with Gasteiger partial charge in [-0.1, -0.05) is 17.5 Å². The molecule has 0 aliphatic rings. The van der Waals surface area contributed by atoms with Crippen LogP contribution >= 0.6 is 27.5 Å². The Balaban J connectivity index is 2.82. The van der Waals surface area contributed by atoms with Crippen molar-refractivity contribution in [3.05, 3.63) is 33.3 Å². The summed E-state index contributed by atoms with van der Waals surface area (Å²) >= 11 is 9.06. The molecule has 2 nitrogen and oxygen atoms in total. The minimum Gasteiger partial charge on any atom is -0.341 e. The quantitative estimate of drug-likeness (QED) is 0.823. The molecule has 0 aliphatic heterocycles. The van der Waals surface area contributed by atoms with E-state index in [0.717, 1.165) is 4.47 Å². The molecule has 0 spiro atoms. The Morgan fingerprint density at radius 2 is 2.36 bits per heavy atom. The van der Waals surface area contributed by atoms with Gasteiger partial charge in [0.1, 0.15) is 0 Å². The first-order valence-corrected chi connectivity index (χ1v) is 4.99. The van der Waals surface area contributed by atoms with Gasteiger partial charge >= 0.3 is 0 Å². The lowest BCUT2D eigenvalue weighted by Crippen LogP contribution is -2.23. The Morgan fingerprint density at radius 1 is 1.64 bits per heavy atom. The van der Waals surface area contributed by atoms with Crippen LogP contribution in [0, 0.1) is 12.3 Å². The summed E-state index contributed by atoms with van der Waals surface area (Å²) in [5.41, 5.74) is 0.494. The maximum atomic E-state index is 11.4. The Bertz CT molecular complexity index is 398. The maximum Gasteiger partial charge on any atom is 0.252 e. The molecule has 0 saturated carbocycles. The van der Waals surface area contributed by atoms with E-state index in [1.165, 1.54) is 0 Å². The zero-order valence-electron chi connectivity index (χ0n) is 7.18. The number of terminal acetylenes is 1. The van der Waals surface area contributed by atoms with Crippen LogP contribution in [0.1, 0.15) is 10.4 Å². The van der Waals surface area contributed by atoms with Crippen LogP contribution in [0.3, 0.4) is 0 Å². The Morgan fingerprint density at radius 3 is 2.93 bits per heavy atom. The van der Waals surface area contributed by atoms with Gasteiger partial charge in [0.05, 0.1) is 11.6 Å². The monoisotopic (exact) mass is 271 g/mol. The fourth-order valence-electron chi connectivity index (χ4n) is 0.871. The molecule has 0 bridgehead atoms. The first kappa shape index (κ1) is 11.1. The van der Waals surface area contributed by atoms with E-state index in [4.69, 9.17) is 18.0 Å². The fourth-order valence-corrected chi connectivity index (χ4v) is 1.30. The maximum absolute atomic E-state index is 11.4. The summed E-state index contributed by atoms with van der Waals surface area (Å²) in [6.07, 6.45) is 5.01. The Kier molecular flexibility index (Phi) is 3.99. The number of carbonyl (C=O) groups excluding carboxylic acids is 1. The molecule has 0 aromatic heterocycles. The third kappa shape index (κ3) is 2.76. The van der Waals surface area contributed by atoms with Crippen molar-refractivity contribution in [1.82, 2.24) is 5.32 Å². The Labute approximate surface area is 95.8 Å². The van der Waals surface area contributed by atoms with E-state index < -0.39 is 0 Å². The molecule has 1 amide bonds. The predicted octanol–water partition coefficient (Wildman–Crippen LogP) is 2.47. The zero-order valence-corrected chi connectivity index (χ0v) is 9.52. The molecule has 1 rings (SSSR count). The van der Waals surface area contributed by atoms with Gasteiger partial charge in [0, 0.05) is 10.0 Å². The van der Waals surface area contributed by atoms with Crippen LogP contribution in [0.4, 0.5) is 0 Å². The summed E-state index contributed by atoms with van der Waals surface area (Å²) in [5.74, 6) is 2.10. The molecule has 0 radical (unpaired) electrons. The highest BCUT2D eigenvalue weighted by Crippen LogP contribution is 2.22. The normalized spacial score (nSPS) is 9.21. The fraction of sp³-hybridized carbons (Fsp3) is 0.100. The third-order valence-electron chi connectivity index (χ3n) is 1.53. The summed E-state index contributed by atoms with van der Waals surface area (Å²) in [6, 6.07) is 4.96. The van der Waals surface area contributed by atoms with Crippen molar-refractivity contribution in [3.8, 4) is 12.3 Å². The number of rotatable bonds is 2. The highest BCUT2D eigenvalue weighted by Gasteiger charge is 2.06. The first-order valence-electron chi connectivity index (χ1n) is 3.82. The van der Waals surface area contributed by atoms with Crippen LogP contribution in [-0.2, 0) is 0 Å². The molecule has 0 saturated heterocycles. The molecular formula is C10H7BrClNO. The van der Waals surface area contributed by atoms with Crippen LogP contribution < -0.4 is 5.32 Å². The molecular weight excluding hydrogens is 265 g/mol. The zero-order chi connectivity index (χ0) is 10.6. The summed E-state index contributed by atoms with van der Waals surface area (Å²) in [7, 11) is 0. The summed E-state index contributed by atoms with van der Waals surface area (Å²) in [4.78, 5) is 11.4. The SMILES string of the molecule is C#CCNC(=O)c1ccc(Br)c(Cl)c1. The lowest BCUT2D eigenvalue weighted by molar-refractivity contribution is 0.0958. The van der Waals surface area contributed by atoms with Crippen molar-refractivity contribution >= 4 is 33.4 Å². The topological polar surface area (TPSA) is 29.1 Å². The van der Waals surface area contributed by atoms with Crippen LogP contribution in [-0.4, -0.2) is 12.5 Å². The van der Waals surface area contributed by atoms with Crippen molar-refractivity contribution in [2.24, 2.45) is 0 Å². The van der Waals surface area contributed by atoms with E-state index in [1.54, 1.807) is 18.2 Å². The van der Waals surface area contributed by atoms with Gasteiger partial charge in [-0.25, -0.2) is 0 Å². The third-order valence-corrected chi connectivity index (χ3v) is 2.77. The minimum absolute atomic E-state index is 0.215. The lowest BCUT2D eigenvalue weighted by Gasteiger charge is -2.02. The van der Waals surface area contributed by atoms with Gasteiger partial charge in [-0.15, -0.1) is 6.42 Å². The van der Waals surface area contributed by atoms with E-state index in [0.29, 0.717) is 10.6 Å². The predicted molar refractivity (Wildman–Crippen MR) is 60.3 cm³/mol. The van der Waals surface area contributed by atoms with Gasteiger partial charge in [-0.3, -0.25) is 4.79 Å². The number of benzene rings is 1. The Hall–Kier alpha value is -0.980. The molecule has 14 heavy (non-hydrogen) atoms. The molecule has 1 aromatic carbocycles. The van der Waals surface area contributed by atoms with Gasteiger partial charge in [0.15, 0.2) is 0 Å². The minimum atomic E-state index is -0.225. The average molecular weight is 273 g/mol. The molecule has 0 aliphatic carbocycles. The second-order valence-corrected chi connectivity index (χ2v) is 3.78. The smallest absolute Gasteiger partial charge is 0.252 e. The second kappa shape index (κ2) is 5.04. The first-order chi connectivity index (χ1) is 6.65. The van der Waals surface area contributed by atoms with E-state index in [-0.39, 0.29) is 12.5 Å². The van der Waals surface area contributed by atoms with Crippen molar-refractivity contribution < 1.29 is 4.79 Å². The van der Waals surface area contributed by atoms with E-state index >= 15 is 0 Å². The van der Waals surface area contributed by atoms with Crippen LogP contribution in [0.5, 0.6) is 0 Å². The molecule has 4 heteroatoms. The number of carbonyl (C=O) groups is 1. The van der Waals surface area contributed by atoms with E-state index in [1.807, 2.05) is 0 Å². The standard InChI is InChI=1S/C10H7BrClNO/c1-2-5-13-10(14)7-3-4-8(11)9(12)6-7/h1,3-4,6H,5H2,(H,13,14). The van der Waals surface area contributed by atoms with Crippen LogP contribution in [0.2, 0.25) is 5.02 Å².